The highest BCUT2D eigenvalue weighted by Crippen LogP contribution is 2.53. The van der Waals surface area contributed by atoms with Crippen LogP contribution in [0.1, 0.15) is 10.4 Å². The summed E-state index contributed by atoms with van der Waals surface area (Å²) in [6, 6.07) is 17.2. The summed E-state index contributed by atoms with van der Waals surface area (Å²) in [6.45, 7) is 0. The Kier molecular flexibility index (Phi) is 4.87. The molecule has 3 aromatic rings. The van der Waals surface area contributed by atoms with Crippen LogP contribution in [0, 0.1) is 0 Å². The van der Waals surface area contributed by atoms with E-state index >= 15 is 0 Å². The van der Waals surface area contributed by atoms with Crippen LogP contribution in [0.4, 0.5) is 0 Å². The van der Waals surface area contributed by atoms with Gasteiger partial charge in [0.15, 0.2) is 15.5 Å². The summed E-state index contributed by atoms with van der Waals surface area (Å²) in [5.41, 5.74) is 0.0475. The highest BCUT2D eigenvalue weighted by Gasteiger charge is 2.44. The van der Waals surface area contributed by atoms with Gasteiger partial charge in [0.1, 0.15) is 16.5 Å². The number of phenolic OH excluding ortho intramolecular Hbond substituents is 1. The summed E-state index contributed by atoms with van der Waals surface area (Å²) in [5.74, 6) is -1.12. The minimum absolute atomic E-state index is 0.0475. The van der Waals surface area contributed by atoms with Gasteiger partial charge in [-0.15, -0.1) is 0 Å². The van der Waals surface area contributed by atoms with E-state index in [9.17, 15) is 15.0 Å². The largest absolute Gasteiger partial charge is 0.502 e. The molecule has 2 N–H and O–H groups in total. The minimum atomic E-state index is -1.10. The average Bonchev–Trinajstić information content (AvgIpc) is 2.71. The summed E-state index contributed by atoms with van der Waals surface area (Å²) in [6.07, 6.45) is 0. The SMILES string of the molecule is COc1cc(C(=O)O)c([S+]2c3ccccc3Sc3ccccc32)c(OC)c1O. The molecule has 3 aromatic carbocycles. The molecule has 0 fully saturated rings. The molecule has 0 radical (unpaired) electrons. The van der Waals surface area contributed by atoms with E-state index < -0.39 is 16.9 Å². The molecule has 0 spiro atoms. The number of benzene rings is 3. The Balaban J connectivity index is 2.10. The van der Waals surface area contributed by atoms with Gasteiger partial charge in [-0.3, -0.25) is 0 Å². The van der Waals surface area contributed by atoms with E-state index in [2.05, 4.69) is 0 Å². The molecule has 4 rings (SSSR count). The highest BCUT2D eigenvalue weighted by molar-refractivity contribution is 8.04. The molecule has 142 valence electrons. The van der Waals surface area contributed by atoms with Gasteiger partial charge in [0.05, 0.1) is 24.0 Å². The van der Waals surface area contributed by atoms with Gasteiger partial charge >= 0.3 is 5.97 Å². The van der Waals surface area contributed by atoms with E-state index in [0.717, 1.165) is 19.6 Å². The minimum Gasteiger partial charge on any atom is -0.502 e. The summed E-state index contributed by atoms with van der Waals surface area (Å²) in [4.78, 5) is 16.7. The van der Waals surface area contributed by atoms with Gasteiger partial charge in [-0.1, -0.05) is 36.0 Å². The van der Waals surface area contributed by atoms with Gasteiger partial charge in [-0.25, -0.2) is 4.79 Å². The maximum Gasteiger partial charge on any atom is 0.341 e. The third-order valence-electron chi connectivity index (χ3n) is 4.39. The van der Waals surface area contributed by atoms with Crippen molar-refractivity contribution in [2.45, 2.75) is 24.5 Å². The number of carbonyl (C=O) groups is 1. The number of hydrogen-bond donors (Lipinski definition) is 2. The molecule has 0 bridgehead atoms. The van der Waals surface area contributed by atoms with Crippen molar-refractivity contribution in [3.05, 3.63) is 60.2 Å². The number of carboxylic acid groups (broad SMARTS) is 1. The molecule has 1 aliphatic rings. The Morgan fingerprint density at radius 3 is 2.04 bits per heavy atom. The summed E-state index contributed by atoms with van der Waals surface area (Å²) in [7, 11) is 2.03. The lowest BCUT2D eigenvalue weighted by Gasteiger charge is -2.21. The molecule has 0 atom stereocenters. The lowest BCUT2D eigenvalue weighted by atomic mass is 10.2. The van der Waals surface area contributed by atoms with Crippen LogP contribution < -0.4 is 9.47 Å². The van der Waals surface area contributed by atoms with Crippen LogP contribution in [0.2, 0.25) is 0 Å². The molecule has 28 heavy (non-hydrogen) atoms. The Bertz CT molecular complexity index is 1030. The zero-order valence-corrected chi connectivity index (χ0v) is 16.8. The van der Waals surface area contributed by atoms with Crippen LogP contribution in [0.25, 0.3) is 0 Å². The number of aromatic carboxylic acids is 1. The summed E-state index contributed by atoms with van der Waals surface area (Å²) >= 11 is 1.65. The molecule has 1 heterocycles. The first-order valence-electron chi connectivity index (χ1n) is 8.38. The number of rotatable bonds is 4. The lowest BCUT2D eigenvalue weighted by molar-refractivity contribution is 0.0691. The lowest BCUT2D eigenvalue weighted by Crippen LogP contribution is -2.16. The Morgan fingerprint density at radius 2 is 1.54 bits per heavy atom. The van der Waals surface area contributed by atoms with Gasteiger partial charge in [0.25, 0.3) is 0 Å². The molecule has 7 heteroatoms. The number of phenols is 1. The standard InChI is InChI=1S/C21H16O5S2/c1-25-13-11-12(21(23)24)20(19(26-2)18(13)22)28-16-9-5-3-7-14(16)27-15-8-4-6-10-17(15)28/h3-11H,1-2H3,(H-,22,23,24)/p+1. The molecule has 5 nitrogen and oxygen atoms in total. The van der Waals surface area contributed by atoms with Crippen molar-refractivity contribution in [2.24, 2.45) is 0 Å². The average molecular weight is 413 g/mol. The third kappa shape index (κ3) is 2.87. The molecular weight excluding hydrogens is 396 g/mol. The van der Waals surface area contributed by atoms with Crippen molar-refractivity contribution >= 4 is 28.6 Å². The third-order valence-corrected chi connectivity index (χ3v) is 8.21. The number of aromatic hydroxyl groups is 1. The molecule has 0 saturated heterocycles. The number of hydrogen-bond acceptors (Lipinski definition) is 5. The van der Waals surface area contributed by atoms with E-state index in [1.165, 1.54) is 20.3 Å². The molecule has 1 aliphatic heterocycles. The second kappa shape index (κ2) is 7.33. The van der Waals surface area contributed by atoms with Crippen LogP contribution in [0.5, 0.6) is 17.2 Å². The van der Waals surface area contributed by atoms with Gasteiger partial charge < -0.3 is 19.7 Å². The van der Waals surface area contributed by atoms with Crippen molar-refractivity contribution in [3.63, 3.8) is 0 Å². The Labute approximate surface area is 169 Å². The monoisotopic (exact) mass is 413 g/mol. The Morgan fingerprint density at radius 1 is 0.964 bits per heavy atom. The first kappa shape index (κ1) is 18.6. The summed E-state index contributed by atoms with van der Waals surface area (Å²) < 4.78 is 10.7. The first-order valence-corrected chi connectivity index (χ1v) is 10.4. The van der Waals surface area contributed by atoms with Gasteiger partial charge in [0.2, 0.25) is 16.4 Å². The van der Waals surface area contributed by atoms with Crippen LogP contribution >= 0.6 is 11.8 Å². The van der Waals surface area contributed by atoms with Gasteiger partial charge in [0, 0.05) is 6.07 Å². The van der Waals surface area contributed by atoms with Crippen molar-refractivity contribution in [1.82, 2.24) is 0 Å². The molecule has 0 amide bonds. The maximum absolute atomic E-state index is 12.1. The fourth-order valence-corrected chi connectivity index (χ4v) is 7.17. The number of ether oxygens (including phenoxy) is 2. The number of methoxy groups -OCH3 is 2. The zero-order valence-electron chi connectivity index (χ0n) is 15.1. The zero-order chi connectivity index (χ0) is 19.8. The van der Waals surface area contributed by atoms with E-state index in [0.29, 0.717) is 4.90 Å². The first-order chi connectivity index (χ1) is 13.6. The van der Waals surface area contributed by atoms with Gasteiger partial charge in [-0.05, 0) is 24.3 Å². The van der Waals surface area contributed by atoms with Crippen molar-refractivity contribution in [3.8, 4) is 17.2 Å². The summed E-state index contributed by atoms with van der Waals surface area (Å²) in [5, 5.41) is 20.6. The number of carboxylic acids is 1. The van der Waals surface area contributed by atoms with Crippen LogP contribution in [-0.2, 0) is 10.9 Å². The fourth-order valence-electron chi connectivity index (χ4n) is 3.18. The number of fused-ring (bicyclic) bond motifs is 2. The second-order valence-corrected chi connectivity index (χ2v) is 8.93. The smallest absolute Gasteiger partial charge is 0.341 e. The molecule has 0 unspecified atom stereocenters. The van der Waals surface area contributed by atoms with Crippen LogP contribution in [0.15, 0.2) is 79.1 Å². The second-order valence-electron chi connectivity index (χ2n) is 5.94. The maximum atomic E-state index is 12.1. The predicted octanol–water partition coefficient (Wildman–Crippen LogP) is 4.67. The predicted molar refractivity (Wildman–Crippen MR) is 107 cm³/mol. The quantitative estimate of drug-likeness (QED) is 0.474. The van der Waals surface area contributed by atoms with Crippen LogP contribution in [-0.4, -0.2) is 30.4 Å². The van der Waals surface area contributed by atoms with E-state index in [4.69, 9.17) is 9.47 Å². The van der Waals surface area contributed by atoms with E-state index in [1.54, 1.807) is 11.8 Å². The van der Waals surface area contributed by atoms with E-state index in [-0.39, 0.29) is 22.8 Å². The normalized spacial score (nSPS) is 12.8. The van der Waals surface area contributed by atoms with Crippen molar-refractivity contribution in [1.29, 1.82) is 0 Å². The van der Waals surface area contributed by atoms with Crippen LogP contribution in [0.3, 0.4) is 0 Å². The molecular formula is C21H17O5S2+. The fraction of sp³-hybridized carbons (Fsp3) is 0.0952. The Hall–Kier alpha value is -2.77. The van der Waals surface area contributed by atoms with Gasteiger partial charge in [-0.2, -0.15) is 0 Å². The molecule has 0 aliphatic carbocycles. The molecule has 0 saturated carbocycles. The van der Waals surface area contributed by atoms with E-state index in [1.807, 2.05) is 48.5 Å². The topological polar surface area (TPSA) is 76.0 Å². The van der Waals surface area contributed by atoms with Crippen molar-refractivity contribution in [2.75, 3.05) is 14.2 Å². The highest BCUT2D eigenvalue weighted by atomic mass is 32.2. The molecule has 0 aromatic heterocycles. The van der Waals surface area contributed by atoms with Crippen molar-refractivity contribution < 1.29 is 24.5 Å².